The van der Waals surface area contributed by atoms with Gasteiger partial charge in [-0.05, 0) is 51.6 Å². The van der Waals surface area contributed by atoms with Crippen molar-refractivity contribution < 1.29 is 0 Å². The summed E-state index contributed by atoms with van der Waals surface area (Å²) in [6, 6.07) is 39.3. The van der Waals surface area contributed by atoms with Crippen LogP contribution in [0, 0.1) is 11.3 Å². The molecule has 0 saturated heterocycles. The second-order valence-corrected chi connectivity index (χ2v) is 6.60. The van der Waals surface area contributed by atoms with Crippen molar-refractivity contribution >= 4 is 11.6 Å². The molecule has 0 amide bonds. The third-order valence-electron chi connectivity index (χ3n) is 4.74. The Bertz CT molecular complexity index is 1120. The zero-order valence-electron chi connectivity index (χ0n) is 15.4. The number of hydrogen-bond donors (Lipinski definition) is 0. The molecule has 0 atom stereocenters. The third kappa shape index (κ3) is 3.92. The SMILES string of the molecule is N#Cc1ccc(-c2ccc(/C(=C/c3ccccc3)c3ccccc3)cc2)cc1. The van der Waals surface area contributed by atoms with Crippen molar-refractivity contribution in [2.45, 2.75) is 0 Å². The minimum absolute atomic E-state index is 0.678. The van der Waals surface area contributed by atoms with E-state index in [1.807, 2.05) is 36.4 Å². The number of hydrogen-bond acceptors (Lipinski definition) is 1. The molecule has 4 aromatic carbocycles. The van der Waals surface area contributed by atoms with Crippen LogP contribution in [0.4, 0.5) is 0 Å². The van der Waals surface area contributed by atoms with Gasteiger partial charge in [0.2, 0.25) is 0 Å². The molecule has 0 heterocycles. The Hall–Kier alpha value is -3.89. The molecule has 132 valence electrons. The van der Waals surface area contributed by atoms with Crippen molar-refractivity contribution in [3.05, 3.63) is 131 Å². The fraction of sp³-hybridized carbons (Fsp3) is 0. The van der Waals surface area contributed by atoms with Crippen molar-refractivity contribution in [1.29, 1.82) is 5.26 Å². The van der Waals surface area contributed by atoms with Crippen LogP contribution in [-0.2, 0) is 0 Å². The van der Waals surface area contributed by atoms with Crippen LogP contribution in [0.5, 0.6) is 0 Å². The highest BCUT2D eigenvalue weighted by Gasteiger charge is 2.06. The van der Waals surface area contributed by atoms with E-state index in [0.717, 1.165) is 11.1 Å². The molecule has 0 bridgehead atoms. The van der Waals surface area contributed by atoms with Crippen molar-refractivity contribution in [1.82, 2.24) is 0 Å². The van der Waals surface area contributed by atoms with E-state index in [4.69, 9.17) is 5.26 Å². The van der Waals surface area contributed by atoms with E-state index >= 15 is 0 Å². The van der Waals surface area contributed by atoms with Gasteiger partial charge in [-0.2, -0.15) is 5.26 Å². The van der Waals surface area contributed by atoms with E-state index in [1.54, 1.807) is 0 Å². The molecule has 0 radical (unpaired) electrons. The Balaban J connectivity index is 1.73. The van der Waals surface area contributed by atoms with Gasteiger partial charge in [0.15, 0.2) is 0 Å². The van der Waals surface area contributed by atoms with E-state index in [2.05, 4.69) is 84.9 Å². The predicted molar refractivity (Wildman–Crippen MR) is 116 cm³/mol. The van der Waals surface area contributed by atoms with Gasteiger partial charge >= 0.3 is 0 Å². The Morgan fingerprint density at radius 2 is 1.07 bits per heavy atom. The molecular formula is C27H19N. The van der Waals surface area contributed by atoms with Gasteiger partial charge in [-0.3, -0.25) is 0 Å². The molecule has 4 rings (SSSR count). The first-order valence-corrected chi connectivity index (χ1v) is 9.27. The molecule has 0 aliphatic heterocycles. The fourth-order valence-electron chi connectivity index (χ4n) is 3.25. The lowest BCUT2D eigenvalue weighted by Gasteiger charge is -2.10. The highest BCUT2D eigenvalue weighted by molar-refractivity contribution is 5.91. The monoisotopic (exact) mass is 357 g/mol. The molecule has 0 aromatic heterocycles. The molecule has 0 fully saturated rings. The van der Waals surface area contributed by atoms with Gasteiger partial charge in [0.1, 0.15) is 0 Å². The number of rotatable bonds is 4. The summed E-state index contributed by atoms with van der Waals surface area (Å²) in [6.07, 6.45) is 2.23. The molecule has 1 nitrogen and oxygen atoms in total. The van der Waals surface area contributed by atoms with Gasteiger partial charge in [0, 0.05) is 0 Å². The third-order valence-corrected chi connectivity index (χ3v) is 4.74. The van der Waals surface area contributed by atoms with Gasteiger partial charge in [-0.25, -0.2) is 0 Å². The van der Waals surface area contributed by atoms with E-state index in [9.17, 15) is 0 Å². The van der Waals surface area contributed by atoms with Crippen molar-refractivity contribution in [3.63, 3.8) is 0 Å². The summed E-state index contributed by atoms with van der Waals surface area (Å²) in [5, 5.41) is 8.97. The largest absolute Gasteiger partial charge is 0.192 e. The van der Waals surface area contributed by atoms with Gasteiger partial charge in [-0.1, -0.05) is 97.1 Å². The van der Waals surface area contributed by atoms with Gasteiger partial charge < -0.3 is 0 Å². The molecule has 0 aliphatic rings. The summed E-state index contributed by atoms with van der Waals surface area (Å²) >= 11 is 0. The van der Waals surface area contributed by atoms with Crippen molar-refractivity contribution in [2.24, 2.45) is 0 Å². The Labute approximate surface area is 165 Å². The summed E-state index contributed by atoms with van der Waals surface area (Å²) < 4.78 is 0. The molecule has 0 spiro atoms. The van der Waals surface area contributed by atoms with Gasteiger partial charge in [0.05, 0.1) is 11.6 Å². The van der Waals surface area contributed by atoms with E-state index in [1.165, 1.54) is 22.3 Å². The smallest absolute Gasteiger partial charge is 0.0991 e. The molecule has 0 N–H and O–H groups in total. The summed E-state index contributed by atoms with van der Waals surface area (Å²) in [7, 11) is 0. The minimum atomic E-state index is 0.678. The van der Waals surface area contributed by atoms with Crippen LogP contribution in [0.1, 0.15) is 22.3 Å². The van der Waals surface area contributed by atoms with Crippen molar-refractivity contribution in [3.8, 4) is 17.2 Å². The van der Waals surface area contributed by atoms with Crippen LogP contribution in [0.3, 0.4) is 0 Å². The van der Waals surface area contributed by atoms with E-state index in [0.29, 0.717) is 5.56 Å². The number of nitrogens with zero attached hydrogens (tertiary/aromatic N) is 1. The highest BCUT2D eigenvalue weighted by atomic mass is 14.2. The quantitative estimate of drug-likeness (QED) is 0.368. The summed E-state index contributed by atoms with van der Waals surface area (Å²) in [5.41, 5.74) is 7.66. The highest BCUT2D eigenvalue weighted by Crippen LogP contribution is 2.28. The lowest BCUT2D eigenvalue weighted by molar-refractivity contribution is 1.48. The fourth-order valence-corrected chi connectivity index (χ4v) is 3.25. The second kappa shape index (κ2) is 8.20. The lowest BCUT2D eigenvalue weighted by Crippen LogP contribution is -1.89. The molecular weight excluding hydrogens is 338 g/mol. The normalized spacial score (nSPS) is 11.0. The summed E-state index contributed by atoms with van der Waals surface area (Å²) in [5.74, 6) is 0. The standard InChI is InChI=1S/C27H19N/c28-20-22-11-13-23(14-12-22)24-15-17-26(18-16-24)27(25-9-5-2-6-10-25)19-21-7-3-1-4-8-21/h1-19H/b27-19+. The maximum absolute atomic E-state index is 8.97. The average Bonchev–Trinajstić information content (AvgIpc) is 2.79. The van der Waals surface area contributed by atoms with Crippen LogP contribution >= 0.6 is 0 Å². The molecule has 1 heteroatoms. The molecule has 4 aromatic rings. The van der Waals surface area contributed by atoms with Gasteiger partial charge in [0.25, 0.3) is 0 Å². The maximum Gasteiger partial charge on any atom is 0.0991 e. The Kier molecular flexibility index (Phi) is 5.13. The van der Waals surface area contributed by atoms with Crippen molar-refractivity contribution in [2.75, 3.05) is 0 Å². The van der Waals surface area contributed by atoms with E-state index in [-0.39, 0.29) is 0 Å². The first kappa shape index (κ1) is 17.5. The molecule has 0 unspecified atom stereocenters. The predicted octanol–water partition coefficient (Wildman–Crippen LogP) is 6.81. The van der Waals surface area contributed by atoms with Gasteiger partial charge in [-0.15, -0.1) is 0 Å². The maximum atomic E-state index is 8.97. The van der Waals surface area contributed by atoms with Crippen LogP contribution in [0.2, 0.25) is 0 Å². The first-order chi connectivity index (χ1) is 13.8. The van der Waals surface area contributed by atoms with Crippen LogP contribution in [0.15, 0.2) is 109 Å². The summed E-state index contributed by atoms with van der Waals surface area (Å²) in [4.78, 5) is 0. The molecule has 0 aliphatic carbocycles. The first-order valence-electron chi connectivity index (χ1n) is 9.27. The lowest BCUT2D eigenvalue weighted by atomic mass is 9.94. The zero-order chi connectivity index (χ0) is 19.2. The second-order valence-electron chi connectivity index (χ2n) is 6.60. The topological polar surface area (TPSA) is 23.8 Å². The van der Waals surface area contributed by atoms with Crippen LogP contribution < -0.4 is 0 Å². The average molecular weight is 357 g/mol. The minimum Gasteiger partial charge on any atom is -0.192 e. The summed E-state index contributed by atoms with van der Waals surface area (Å²) in [6.45, 7) is 0. The zero-order valence-corrected chi connectivity index (χ0v) is 15.4. The molecule has 0 saturated carbocycles. The number of benzene rings is 4. The Morgan fingerprint density at radius 3 is 1.64 bits per heavy atom. The van der Waals surface area contributed by atoms with Crippen LogP contribution in [-0.4, -0.2) is 0 Å². The van der Waals surface area contributed by atoms with E-state index < -0.39 is 0 Å². The number of nitriles is 1. The van der Waals surface area contributed by atoms with Crippen LogP contribution in [0.25, 0.3) is 22.8 Å². The Morgan fingerprint density at radius 1 is 0.571 bits per heavy atom. The molecule has 28 heavy (non-hydrogen) atoms.